The number of aliphatic carboxylic acids is 1. The van der Waals surface area contributed by atoms with Crippen molar-refractivity contribution in [3.63, 3.8) is 0 Å². The Labute approximate surface area is 121 Å². The van der Waals surface area contributed by atoms with Crippen molar-refractivity contribution in [2.24, 2.45) is 0 Å². The third-order valence-corrected chi connectivity index (χ3v) is 3.41. The Morgan fingerprint density at radius 3 is 2.52 bits per heavy atom. The number of aromatic hydroxyl groups is 1. The van der Waals surface area contributed by atoms with Gasteiger partial charge in [-0.05, 0) is 24.1 Å². The molecule has 1 aliphatic heterocycles. The lowest BCUT2D eigenvalue weighted by atomic mass is 10.0. The molecule has 3 unspecified atom stereocenters. The van der Waals surface area contributed by atoms with Crippen molar-refractivity contribution < 1.29 is 24.9 Å². The van der Waals surface area contributed by atoms with E-state index in [-0.39, 0.29) is 18.6 Å². The molecule has 1 heterocycles. The fraction of sp³-hybridized carbons (Fsp3) is 0.429. The monoisotopic (exact) mass is 294 g/mol. The van der Waals surface area contributed by atoms with Crippen LogP contribution >= 0.6 is 0 Å². The van der Waals surface area contributed by atoms with Crippen LogP contribution in [0.25, 0.3) is 0 Å². The van der Waals surface area contributed by atoms with E-state index in [1.807, 2.05) is 0 Å². The number of carboxylic acid groups (broad SMARTS) is 1. The smallest absolute Gasteiger partial charge is 0.326 e. The summed E-state index contributed by atoms with van der Waals surface area (Å²) < 4.78 is 0. The number of hydrogen-bond donors (Lipinski definition) is 5. The molecule has 0 bridgehead atoms. The minimum Gasteiger partial charge on any atom is -0.508 e. The van der Waals surface area contributed by atoms with Gasteiger partial charge in [0.1, 0.15) is 11.8 Å². The summed E-state index contributed by atoms with van der Waals surface area (Å²) in [4.78, 5) is 23.2. The first kappa shape index (κ1) is 15.3. The molecular weight excluding hydrogens is 276 g/mol. The fourth-order valence-electron chi connectivity index (χ4n) is 2.26. The Hall–Kier alpha value is -2.12. The lowest BCUT2D eigenvalue weighted by Crippen LogP contribution is -2.49. The molecule has 114 valence electrons. The van der Waals surface area contributed by atoms with E-state index < -0.39 is 30.1 Å². The largest absolute Gasteiger partial charge is 0.508 e. The number of aliphatic hydroxyl groups excluding tert-OH is 1. The predicted octanol–water partition coefficient (Wildman–Crippen LogP) is -0.773. The minimum atomic E-state index is -1.13. The van der Waals surface area contributed by atoms with Crippen LogP contribution in [-0.4, -0.2) is 51.9 Å². The second kappa shape index (κ2) is 6.55. The molecule has 1 fully saturated rings. The number of phenols is 1. The van der Waals surface area contributed by atoms with Gasteiger partial charge in [0.25, 0.3) is 0 Å². The molecule has 3 atom stereocenters. The summed E-state index contributed by atoms with van der Waals surface area (Å²) in [6.45, 7) is 0.327. The Kier molecular flexibility index (Phi) is 4.77. The number of β-amino-alcohol motifs (C(OH)–C–C–N with tert-alkyl or cyclic N) is 1. The Balaban J connectivity index is 1.97. The molecule has 0 aliphatic carbocycles. The average molecular weight is 294 g/mol. The zero-order valence-electron chi connectivity index (χ0n) is 11.3. The van der Waals surface area contributed by atoms with E-state index in [0.717, 1.165) is 0 Å². The summed E-state index contributed by atoms with van der Waals surface area (Å²) in [5, 5.41) is 33.1. The minimum absolute atomic E-state index is 0.0961. The van der Waals surface area contributed by atoms with Crippen molar-refractivity contribution in [2.45, 2.75) is 31.0 Å². The van der Waals surface area contributed by atoms with Crippen LogP contribution in [0.2, 0.25) is 0 Å². The maximum Gasteiger partial charge on any atom is 0.326 e. The summed E-state index contributed by atoms with van der Waals surface area (Å²) in [5.41, 5.74) is 0.694. The molecule has 1 aliphatic rings. The topological polar surface area (TPSA) is 119 Å². The molecule has 1 aromatic rings. The number of carbonyl (C=O) groups excluding carboxylic acids is 1. The van der Waals surface area contributed by atoms with Gasteiger partial charge in [0.05, 0.1) is 12.1 Å². The highest BCUT2D eigenvalue weighted by molar-refractivity contribution is 5.87. The van der Waals surface area contributed by atoms with Crippen LogP contribution in [0.15, 0.2) is 24.3 Å². The van der Waals surface area contributed by atoms with Crippen LogP contribution in [0.1, 0.15) is 12.0 Å². The summed E-state index contributed by atoms with van der Waals surface area (Å²) in [6.07, 6.45) is -0.185. The number of hydrogen-bond acceptors (Lipinski definition) is 5. The van der Waals surface area contributed by atoms with Crippen molar-refractivity contribution in [1.82, 2.24) is 10.6 Å². The quantitative estimate of drug-likeness (QED) is 0.486. The van der Waals surface area contributed by atoms with Gasteiger partial charge in [-0.25, -0.2) is 4.79 Å². The number of carbonyl (C=O) groups is 2. The van der Waals surface area contributed by atoms with E-state index in [2.05, 4.69) is 10.6 Å². The van der Waals surface area contributed by atoms with Gasteiger partial charge in [0, 0.05) is 13.0 Å². The molecule has 1 aromatic carbocycles. The molecule has 2 rings (SSSR count). The van der Waals surface area contributed by atoms with Gasteiger partial charge in [-0.2, -0.15) is 0 Å². The molecular formula is C14H18N2O5. The van der Waals surface area contributed by atoms with Crippen LogP contribution < -0.4 is 10.6 Å². The third-order valence-electron chi connectivity index (χ3n) is 3.41. The zero-order chi connectivity index (χ0) is 15.4. The normalized spacial score (nSPS) is 22.7. The van der Waals surface area contributed by atoms with Crippen molar-refractivity contribution in [1.29, 1.82) is 0 Å². The van der Waals surface area contributed by atoms with E-state index >= 15 is 0 Å². The molecule has 1 saturated heterocycles. The fourth-order valence-corrected chi connectivity index (χ4v) is 2.26. The van der Waals surface area contributed by atoms with Crippen LogP contribution in [0, 0.1) is 0 Å². The first-order valence-corrected chi connectivity index (χ1v) is 6.68. The van der Waals surface area contributed by atoms with E-state index in [4.69, 9.17) is 0 Å². The Morgan fingerprint density at radius 2 is 2.00 bits per heavy atom. The van der Waals surface area contributed by atoms with E-state index in [1.165, 1.54) is 12.1 Å². The third kappa shape index (κ3) is 4.17. The first-order chi connectivity index (χ1) is 9.95. The average Bonchev–Trinajstić information content (AvgIpc) is 2.87. The highest BCUT2D eigenvalue weighted by atomic mass is 16.4. The van der Waals surface area contributed by atoms with Gasteiger partial charge < -0.3 is 26.0 Å². The highest BCUT2D eigenvalue weighted by Crippen LogP contribution is 2.12. The second-order valence-corrected chi connectivity index (χ2v) is 5.12. The molecule has 5 N–H and O–H groups in total. The summed E-state index contributed by atoms with van der Waals surface area (Å²) >= 11 is 0. The first-order valence-electron chi connectivity index (χ1n) is 6.68. The molecule has 1 amide bonds. The zero-order valence-corrected chi connectivity index (χ0v) is 11.3. The van der Waals surface area contributed by atoms with Crippen molar-refractivity contribution in [3.8, 4) is 5.75 Å². The number of nitrogens with one attached hydrogen (secondary N) is 2. The standard InChI is InChI=1S/C14H18N2O5/c17-9-3-1-8(2-4-9)5-12(14(20)21)16-13(19)11-6-10(18)7-15-11/h1-4,10-12,15,17-18H,5-7H2,(H,16,19)(H,20,21). The van der Waals surface area contributed by atoms with E-state index in [1.54, 1.807) is 12.1 Å². The summed E-state index contributed by atoms with van der Waals surface area (Å²) in [5.74, 6) is -1.47. The van der Waals surface area contributed by atoms with Gasteiger partial charge >= 0.3 is 5.97 Å². The molecule has 0 aromatic heterocycles. The van der Waals surface area contributed by atoms with Gasteiger partial charge in [0.15, 0.2) is 0 Å². The lowest BCUT2D eigenvalue weighted by molar-refractivity contribution is -0.142. The summed E-state index contributed by atoms with van der Waals surface area (Å²) in [7, 11) is 0. The van der Waals surface area contributed by atoms with Gasteiger partial charge in [0.2, 0.25) is 5.91 Å². The van der Waals surface area contributed by atoms with Gasteiger partial charge in [-0.3, -0.25) is 4.79 Å². The van der Waals surface area contributed by atoms with Crippen LogP contribution in [0.3, 0.4) is 0 Å². The SMILES string of the molecule is O=C(O)C(Cc1ccc(O)cc1)NC(=O)C1CC(O)CN1. The number of rotatable bonds is 5. The number of aliphatic hydroxyl groups is 1. The summed E-state index contributed by atoms with van der Waals surface area (Å²) in [6, 6.07) is 4.52. The van der Waals surface area contributed by atoms with Crippen LogP contribution in [0.4, 0.5) is 0 Å². The van der Waals surface area contributed by atoms with Crippen LogP contribution in [-0.2, 0) is 16.0 Å². The number of amides is 1. The van der Waals surface area contributed by atoms with Crippen molar-refractivity contribution >= 4 is 11.9 Å². The highest BCUT2D eigenvalue weighted by Gasteiger charge is 2.30. The van der Waals surface area contributed by atoms with Gasteiger partial charge in [-0.15, -0.1) is 0 Å². The molecule has 0 spiro atoms. The molecule has 0 saturated carbocycles. The molecule has 7 heteroatoms. The maximum absolute atomic E-state index is 12.0. The molecule has 7 nitrogen and oxygen atoms in total. The Bertz CT molecular complexity index is 517. The maximum atomic E-state index is 12.0. The second-order valence-electron chi connectivity index (χ2n) is 5.12. The van der Waals surface area contributed by atoms with Crippen LogP contribution in [0.5, 0.6) is 5.75 Å². The predicted molar refractivity (Wildman–Crippen MR) is 73.8 cm³/mol. The lowest BCUT2D eigenvalue weighted by Gasteiger charge is -2.17. The molecule has 0 radical (unpaired) electrons. The van der Waals surface area contributed by atoms with E-state index in [9.17, 15) is 24.9 Å². The Morgan fingerprint density at radius 1 is 1.33 bits per heavy atom. The van der Waals surface area contributed by atoms with E-state index in [0.29, 0.717) is 12.1 Å². The van der Waals surface area contributed by atoms with Gasteiger partial charge in [-0.1, -0.05) is 12.1 Å². The van der Waals surface area contributed by atoms with Crippen molar-refractivity contribution in [2.75, 3.05) is 6.54 Å². The molecule has 21 heavy (non-hydrogen) atoms. The number of carboxylic acids is 1. The number of phenolic OH excluding ortho intramolecular Hbond substituents is 1. The number of benzene rings is 1. The van der Waals surface area contributed by atoms with Crippen molar-refractivity contribution in [3.05, 3.63) is 29.8 Å².